The fourth-order valence-electron chi connectivity index (χ4n) is 6.26. The first kappa shape index (κ1) is 30.9. The number of sulfonamides is 1. The van der Waals surface area contributed by atoms with E-state index in [9.17, 15) is 13.2 Å². The van der Waals surface area contributed by atoms with Gasteiger partial charge in [0, 0.05) is 68.3 Å². The van der Waals surface area contributed by atoms with Gasteiger partial charge in [0.2, 0.25) is 16.0 Å². The number of benzene rings is 1. The number of aryl methyl sites for hydroxylation is 1. The minimum atomic E-state index is -3.40. The summed E-state index contributed by atoms with van der Waals surface area (Å²) >= 11 is 8.28. The number of carbonyl (C=O) groups is 1. The molecule has 1 unspecified atom stereocenters. The highest BCUT2D eigenvalue weighted by Gasteiger charge is 2.48. The predicted octanol–water partition coefficient (Wildman–Crippen LogP) is 4.57. The van der Waals surface area contributed by atoms with Crippen LogP contribution in [0.3, 0.4) is 0 Å². The van der Waals surface area contributed by atoms with E-state index in [1.165, 1.54) is 22.3 Å². The maximum absolute atomic E-state index is 12.8. The van der Waals surface area contributed by atoms with E-state index in [0.717, 1.165) is 45.1 Å². The minimum absolute atomic E-state index is 0.224. The molecule has 1 amide bonds. The molecule has 44 heavy (non-hydrogen) atoms. The number of anilines is 1. The number of hydrogen-bond donors (Lipinski definition) is 1. The molecule has 6 rings (SSSR count). The fourth-order valence-corrected chi connectivity index (χ4v) is 8.34. The molecule has 1 aromatic carbocycles. The van der Waals surface area contributed by atoms with E-state index >= 15 is 0 Å². The largest absolute Gasteiger partial charge is 0.444 e. The Kier molecular flexibility index (Phi) is 8.00. The Hall–Kier alpha value is -3.07. The molecule has 0 bridgehead atoms. The maximum Gasteiger partial charge on any atom is 0.407 e. The quantitative estimate of drug-likeness (QED) is 0.328. The molecule has 2 aliphatic rings. The van der Waals surface area contributed by atoms with Crippen molar-refractivity contribution >= 4 is 62.0 Å². The van der Waals surface area contributed by atoms with Crippen LogP contribution in [-0.2, 0) is 21.8 Å². The fraction of sp³-hybridized carbons (Fsp3) is 0.517. The average Bonchev–Trinajstić information content (AvgIpc) is 3.58. The molecule has 12 nitrogen and oxygen atoms in total. The Bertz CT molecular complexity index is 1830. The number of alkyl carbamates (subject to hydrolysis) is 1. The number of nitrogens with one attached hydrogen (secondary N) is 1. The lowest BCUT2D eigenvalue weighted by molar-refractivity contribution is 0.0281. The van der Waals surface area contributed by atoms with Gasteiger partial charge in [-0.2, -0.15) is 5.10 Å². The Morgan fingerprint density at radius 2 is 1.86 bits per heavy atom. The van der Waals surface area contributed by atoms with Crippen LogP contribution in [0.2, 0.25) is 5.02 Å². The van der Waals surface area contributed by atoms with Crippen molar-refractivity contribution in [3.05, 3.63) is 41.9 Å². The number of fused-ring (bicyclic) bond motifs is 2. The molecule has 0 radical (unpaired) electrons. The van der Waals surface area contributed by atoms with E-state index < -0.39 is 21.7 Å². The number of aromatic nitrogens is 5. The summed E-state index contributed by atoms with van der Waals surface area (Å²) in [6, 6.07) is 3.56. The first-order valence-corrected chi connectivity index (χ1v) is 17.6. The molecular formula is C29H37ClN8O4S2. The highest BCUT2D eigenvalue weighted by atomic mass is 35.5. The van der Waals surface area contributed by atoms with E-state index in [4.69, 9.17) is 21.3 Å². The normalized spacial score (nSPS) is 19.6. The standard InChI is InChI=1S/C29H37ClN8O4S2/c1-28(2,3)42-27(39)33-23-18-37(44(5,40)41)14-10-29(23)8-12-36(13-9-29)26-32-16-22(25-31-11-15-38(25)26)43-21-7-6-20-19(24(21)30)17-35(4)34-20/h6-7,11,15-17,23H,8-10,12-14,18H2,1-5H3,(H,33,39). The van der Waals surface area contributed by atoms with Crippen LogP contribution in [0, 0.1) is 5.41 Å². The van der Waals surface area contributed by atoms with Crippen LogP contribution in [0.25, 0.3) is 16.6 Å². The third-order valence-corrected chi connectivity index (χ3v) is 11.3. The number of halogens is 1. The summed E-state index contributed by atoms with van der Waals surface area (Å²) in [4.78, 5) is 26.3. The molecule has 2 saturated heterocycles. The van der Waals surface area contributed by atoms with Gasteiger partial charge in [0.1, 0.15) is 5.60 Å². The molecule has 0 saturated carbocycles. The predicted molar refractivity (Wildman–Crippen MR) is 171 cm³/mol. The zero-order valence-corrected chi connectivity index (χ0v) is 27.8. The maximum atomic E-state index is 12.8. The van der Waals surface area contributed by atoms with Gasteiger partial charge in [-0.05, 0) is 57.6 Å². The number of carbonyl (C=O) groups excluding carboxylic acids is 1. The summed E-state index contributed by atoms with van der Waals surface area (Å²) in [5.74, 6) is 0.788. The van der Waals surface area contributed by atoms with E-state index in [1.807, 2.05) is 62.9 Å². The lowest BCUT2D eigenvalue weighted by Gasteiger charge is -2.51. The first-order valence-electron chi connectivity index (χ1n) is 14.5. The van der Waals surface area contributed by atoms with Gasteiger partial charge in [0.25, 0.3) is 0 Å². The van der Waals surface area contributed by atoms with Gasteiger partial charge in [-0.1, -0.05) is 23.4 Å². The number of hydrogen-bond acceptors (Lipinski definition) is 9. The Morgan fingerprint density at radius 3 is 2.57 bits per heavy atom. The van der Waals surface area contributed by atoms with Crippen molar-refractivity contribution in [1.82, 2.24) is 33.8 Å². The van der Waals surface area contributed by atoms with Gasteiger partial charge >= 0.3 is 6.09 Å². The third kappa shape index (κ3) is 6.09. The van der Waals surface area contributed by atoms with Gasteiger partial charge in [-0.25, -0.2) is 27.5 Å². The highest BCUT2D eigenvalue weighted by Crippen LogP contribution is 2.44. The smallest absolute Gasteiger partial charge is 0.407 e. The van der Waals surface area contributed by atoms with Gasteiger partial charge in [0.15, 0.2) is 5.65 Å². The van der Waals surface area contributed by atoms with Crippen molar-refractivity contribution in [1.29, 1.82) is 0 Å². The number of ether oxygens (including phenoxy) is 1. The van der Waals surface area contributed by atoms with Crippen LogP contribution >= 0.6 is 23.4 Å². The molecule has 15 heteroatoms. The summed E-state index contributed by atoms with van der Waals surface area (Å²) < 4.78 is 35.6. The lowest BCUT2D eigenvalue weighted by Crippen LogP contribution is -2.62. The minimum Gasteiger partial charge on any atom is -0.444 e. The molecular weight excluding hydrogens is 624 g/mol. The summed E-state index contributed by atoms with van der Waals surface area (Å²) in [6.07, 6.45) is 10.3. The molecule has 0 aliphatic carbocycles. The molecule has 2 aliphatic heterocycles. The Morgan fingerprint density at radius 1 is 1.14 bits per heavy atom. The second-order valence-electron chi connectivity index (χ2n) is 12.7. The van der Waals surface area contributed by atoms with E-state index in [1.54, 1.807) is 10.9 Å². The van der Waals surface area contributed by atoms with Gasteiger partial charge < -0.3 is 15.0 Å². The summed E-state index contributed by atoms with van der Waals surface area (Å²) in [5.41, 5.74) is 0.706. The van der Waals surface area contributed by atoms with Crippen LogP contribution in [-0.4, -0.2) is 87.0 Å². The van der Waals surface area contributed by atoms with E-state index in [0.29, 0.717) is 31.1 Å². The number of amides is 1. The van der Waals surface area contributed by atoms with E-state index in [2.05, 4.69) is 20.3 Å². The van der Waals surface area contributed by atoms with Gasteiger partial charge in [-0.3, -0.25) is 9.08 Å². The lowest BCUT2D eigenvalue weighted by atomic mass is 9.68. The van der Waals surface area contributed by atoms with Crippen molar-refractivity contribution < 1.29 is 17.9 Å². The van der Waals surface area contributed by atoms with Crippen molar-refractivity contribution in [2.75, 3.05) is 37.3 Å². The number of nitrogens with zero attached hydrogens (tertiary/aromatic N) is 7. The number of imidazole rings is 1. The van der Waals surface area contributed by atoms with Crippen molar-refractivity contribution in [3.8, 4) is 0 Å². The van der Waals surface area contributed by atoms with Crippen LogP contribution < -0.4 is 10.2 Å². The Labute approximate surface area is 266 Å². The third-order valence-electron chi connectivity index (χ3n) is 8.48. The first-order chi connectivity index (χ1) is 20.7. The zero-order chi connectivity index (χ0) is 31.4. The average molecular weight is 661 g/mol. The molecule has 1 atom stereocenters. The van der Waals surface area contributed by atoms with Crippen LogP contribution in [0.15, 0.2) is 46.7 Å². The Balaban J connectivity index is 1.22. The van der Waals surface area contributed by atoms with Crippen LogP contribution in [0.5, 0.6) is 0 Å². The summed E-state index contributed by atoms with van der Waals surface area (Å²) in [5, 5.41) is 9.01. The molecule has 2 fully saturated rings. The molecule has 5 heterocycles. The number of rotatable bonds is 5. The molecule has 3 aromatic heterocycles. The second kappa shape index (κ2) is 11.4. The van der Waals surface area contributed by atoms with Crippen LogP contribution in [0.1, 0.15) is 40.0 Å². The second-order valence-corrected chi connectivity index (χ2v) is 16.1. The molecule has 236 valence electrons. The SMILES string of the molecule is Cn1cc2c(Cl)c(Sc3cnc(N4CCC5(CC4)CCN(S(C)(=O)=O)CC5NC(=O)OC(C)(C)C)n4ccnc34)ccc2n1. The van der Waals surface area contributed by atoms with Crippen LogP contribution in [0.4, 0.5) is 10.7 Å². The molecule has 4 aromatic rings. The highest BCUT2D eigenvalue weighted by molar-refractivity contribution is 7.99. The van der Waals surface area contributed by atoms with E-state index in [-0.39, 0.29) is 18.0 Å². The summed E-state index contributed by atoms with van der Waals surface area (Å²) in [6.45, 7) is 7.48. The molecule has 1 N–H and O–H groups in total. The molecule has 1 spiro atoms. The van der Waals surface area contributed by atoms with Gasteiger partial charge in [0.05, 0.1) is 27.7 Å². The number of piperidine rings is 2. The van der Waals surface area contributed by atoms with Crippen molar-refractivity contribution in [2.45, 2.75) is 61.5 Å². The van der Waals surface area contributed by atoms with Crippen molar-refractivity contribution in [2.24, 2.45) is 12.5 Å². The monoisotopic (exact) mass is 660 g/mol. The van der Waals surface area contributed by atoms with Crippen molar-refractivity contribution in [3.63, 3.8) is 0 Å². The zero-order valence-electron chi connectivity index (χ0n) is 25.4. The van der Waals surface area contributed by atoms with Gasteiger partial charge in [-0.15, -0.1) is 0 Å². The summed E-state index contributed by atoms with van der Waals surface area (Å²) in [7, 11) is -1.53. The topological polar surface area (TPSA) is 127 Å².